The lowest BCUT2D eigenvalue weighted by molar-refractivity contribution is 0.316. The molecule has 0 radical (unpaired) electrons. The van der Waals surface area contributed by atoms with Gasteiger partial charge in [0.05, 0.1) is 11.6 Å². The molecule has 0 aliphatic heterocycles. The number of benzene rings is 1. The van der Waals surface area contributed by atoms with E-state index < -0.39 is 0 Å². The minimum Gasteiger partial charge on any atom is -0.476 e. The molecule has 1 aliphatic rings. The number of nitrogens with two attached hydrogens (primary N) is 1. The van der Waals surface area contributed by atoms with Gasteiger partial charge in [-0.05, 0) is 48.6 Å². The third-order valence-corrected chi connectivity index (χ3v) is 3.92. The third kappa shape index (κ3) is 4.36. The van der Waals surface area contributed by atoms with Gasteiger partial charge in [0.2, 0.25) is 5.88 Å². The molecule has 0 bridgehead atoms. The molecule has 23 heavy (non-hydrogen) atoms. The van der Waals surface area contributed by atoms with Crippen molar-refractivity contribution in [2.45, 2.75) is 19.3 Å². The fourth-order valence-electron chi connectivity index (χ4n) is 2.60. The first-order valence-corrected chi connectivity index (χ1v) is 8.01. The van der Waals surface area contributed by atoms with Crippen molar-refractivity contribution in [3.63, 3.8) is 0 Å². The molecular weight excluding hydrogens is 312 g/mol. The van der Waals surface area contributed by atoms with E-state index in [4.69, 9.17) is 22.1 Å². The van der Waals surface area contributed by atoms with Crippen LogP contribution in [-0.4, -0.2) is 24.1 Å². The molecule has 0 atom stereocenters. The lowest BCUT2D eigenvalue weighted by Crippen LogP contribution is -2.23. The summed E-state index contributed by atoms with van der Waals surface area (Å²) in [5.41, 5.74) is 9.72. The van der Waals surface area contributed by atoms with Crippen molar-refractivity contribution in [1.82, 2.24) is 4.98 Å². The molecule has 3 N–H and O–H groups in total. The van der Waals surface area contributed by atoms with Gasteiger partial charge in [-0.2, -0.15) is 0 Å². The molecule has 0 fully saturated rings. The molecule has 0 saturated carbocycles. The average molecular weight is 331 g/mol. The van der Waals surface area contributed by atoms with Gasteiger partial charge in [0.1, 0.15) is 6.61 Å². The van der Waals surface area contributed by atoms with E-state index in [1.807, 2.05) is 6.07 Å². The second-order valence-corrected chi connectivity index (χ2v) is 5.83. The summed E-state index contributed by atoms with van der Waals surface area (Å²) in [6.45, 7) is 0.856. The summed E-state index contributed by atoms with van der Waals surface area (Å²) in [5, 5.41) is 3.70. The maximum Gasteiger partial charge on any atom is 0.213 e. The molecule has 1 heterocycles. The molecule has 1 aromatic carbocycles. The predicted molar refractivity (Wildman–Crippen MR) is 93.3 cm³/mol. The van der Waals surface area contributed by atoms with Gasteiger partial charge in [0.15, 0.2) is 5.96 Å². The smallest absolute Gasteiger partial charge is 0.213 e. The standard InChI is InChI=1S/C17H19ClN4O/c18-14-5-7-16(21-11-14)23-9-8-20-17(19)22-15-6-4-12-2-1-3-13(12)10-15/h4-7,10-11H,1-3,8-9H2,(H3,19,20,22). The Morgan fingerprint density at radius 3 is 2.96 bits per heavy atom. The number of ether oxygens (including phenoxy) is 1. The Balaban J connectivity index is 1.47. The van der Waals surface area contributed by atoms with E-state index in [9.17, 15) is 0 Å². The number of hydrogen-bond acceptors (Lipinski definition) is 3. The number of fused-ring (bicyclic) bond motifs is 1. The Kier molecular flexibility index (Phi) is 4.98. The lowest BCUT2D eigenvalue weighted by Gasteiger charge is -2.08. The van der Waals surface area contributed by atoms with Gasteiger partial charge in [0.25, 0.3) is 0 Å². The van der Waals surface area contributed by atoms with E-state index in [-0.39, 0.29) is 0 Å². The maximum atomic E-state index is 5.90. The summed E-state index contributed by atoms with van der Waals surface area (Å²) < 4.78 is 5.46. The molecule has 1 aliphatic carbocycles. The topological polar surface area (TPSA) is 72.5 Å². The highest BCUT2D eigenvalue weighted by Crippen LogP contribution is 2.24. The largest absolute Gasteiger partial charge is 0.476 e. The summed E-state index contributed by atoms with van der Waals surface area (Å²) in [4.78, 5) is 8.30. The molecule has 0 spiro atoms. The van der Waals surface area contributed by atoms with Crippen LogP contribution in [0.25, 0.3) is 0 Å². The van der Waals surface area contributed by atoms with E-state index in [1.165, 1.54) is 24.0 Å². The number of hydrogen-bond donors (Lipinski definition) is 2. The van der Waals surface area contributed by atoms with Crippen molar-refractivity contribution in [3.8, 4) is 5.88 Å². The van der Waals surface area contributed by atoms with Crippen molar-refractivity contribution in [3.05, 3.63) is 52.7 Å². The van der Waals surface area contributed by atoms with Crippen LogP contribution < -0.4 is 15.8 Å². The van der Waals surface area contributed by atoms with Gasteiger partial charge in [-0.3, -0.25) is 0 Å². The molecule has 6 heteroatoms. The molecule has 0 amide bonds. The third-order valence-electron chi connectivity index (χ3n) is 3.69. The van der Waals surface area contributed by atoms with Crippen molar-refractivity contribution in [2.75, 3.05) is 18.5 Å². The zero-order chi connectivity index (χ0) is 16.1. The summed E-state index contributed by atoms with van der Waals surface area (Å²) >= 11 is 5.76. The second-order valence-electron chi connectivity index (χ2n) is 5.39. The maximum absolute atomic E-state index is 5.90. The highest BCUT2D eigenvalue weighted by Gasteiger charge is 2.10. The first-order chi connectivity index (χ1) is 11.2. The Labute approximate surface area is 140 Å². The van der Waals surface area contributed by atoms with Gasteiger partial charge < -0.3 is 15.8 Å². The van der Waals surface area contributed by atoms with Gasteiger partial charge >= 0.3 is 0 Å². The number of rotatable bonds is 5. The van der Waals surface area contributed by atoms with E-state index >= 15 is 0 Å². The fraction of sp³-hybridized carbons (Fsp3) is 0.294. The minimum absolute atomic E-state index is 0.385. The van der Waals surface area contributed by atoms with Crippen LogP contribution in [0.15, 0.2) is 41.5 Å². The number of nitrogens with zero attached hydrogens (tertiary/aromatic N) is 2. The molecule has 1 aromatic heterocycles. The van der Waals surface area contributed by atoms with Crippen LogP contribution in [0.4, 0.5) is 5.69 Å². The van der Waals surface area contributed by atoms with Crippen LogP contribution in [0, 0.1) is 0 Å². The summed E-state index contributed by atoms with van der Waals surface area (Å²) in [6.07, 6.45) is 5.10. The van der Waals surface area contributed by atoms with E-state index in [0.717, 1.165) is 12.1 Å². The Hall–Kier alpha value is -2.27. The Bertz CT molecular complexity index is 700. The molecule has 5 nitrogen and oxygen atoms in total. The quantitative estimate of drug-likeness (QED) is 0.502. The van der Waals surface area contributed by atoms with Crippen LogP contribution >= 0.6 is 11.6 Å². The highest BCUT2D eigenvalue weighted by atomic mass is 35.5. The number of anilines is 1. The molecule has 2 aromatic rings. The van der Waals surface area contributed by atoms with Crippen LogP contribution in [0.5, 0.6) is 5.88 Å². The van der Waals surface area contributed by atoms with E-state index in [0.29, 0.717) is 30.0 Å². The minimum atomic E-state index is 0.385. The molecule has 120 valence electrons. The molecular formula is C17H19ClN4O. The fourth-order valence-corrected chi connectivity index (χ4v) is 2.71. The van der Waals surface area contributed by atoms with Crippen molar-refractivity contribution in [2.24, 2.45) is 10.7 Å². The van der Waals surface area contributed by atoms with Gasteiger partial charge in [-0.1, -0.05) is 17.7 Å². The van der Waals surface area contributed by atoms with Gasteiger partial charge in [-0.25, -0.2) is 9.98 Å². The first kappa shape index (κ1) is 15.6. The number of aliphatic imine (C=N–C) groups is 1. The average Bonchev–Trinajstić information content (AvgIpc) is 3.01. The Morgan fingerprint density at radius 2 is 2.13 bits per heavy atom. The van der Waals surface area contributed by atoms with Gasteiger partial charge in [0, 0.05) is 18.0 Å². The number of guanidine groups is 1. The van der Waals surface area contributed by atoms with Crippen molar-refractivity contribution < 1.29 is 4.74 Å². The predicted octanol–water partition coefficient (Wildman–Crippen LogP) is 3.03. The SMILES string of the molecule is NC(=NCCOc1ccc(Cl)cn1)Nc1ccc2c(c1)CCC2. The first-order valence-electron chi connectivity index (χ1n) is 7.64. The number of aromatic nitrogens is 1. The van der Waals surface area contributed by atoms with Crippen LogP contribution in [0.2, 0.25) is 5.02 Å². The lowest BCUT2D eigenvalue weighted by atomic mass is 10.1. The normalized spacial score (nSPS) is 13.7. The summed E-state index contributed by atoms with van der Waals surface area (Å²) in [7, 11) is 0. The van der Waals surface area contributed by atoms with Crippen LogP contribution in [0.1, 0.15) is 17.5 Å². The highest BCUT2D eigenvalue weighted by molar-refractivity contribution is 6.30. The molecule has 0 unspecified atom stereocenters. The Morgan fingerprint density at radius 1 is 1.26 bits per heavy atom. The van der Waals surface area contributed by atoms with E-state index in [2.05, 4.69) is 27.4 Å². The molecule has 3 rings (SSSR count). The number of pyridine rings is 1. The van der Waals surface area contributed by atoms with Crippen molar-refractivity contribution >= 4 is 23.2 Å². The second kappa shape index (κ2) is 7.33. The number of halogens is 1. The zero-order valence-electron chi connectivity index (χ0n) is 12.8. The summed E-state index contributed by atoms with van der Waals surface area (Å²) in [6, 6.07) is 9.81. The van der Waals surface area contributed by atoms with Gasteiger partial charge in [-0.15, -0.1) is 0 Å². The summed E-state index contributed by atoms with van der Waals surface area (Å²) in [5.74, 6) is 0.908. The monoisotopic (exact) mass is 330 g/mol. The van der Waals surface area contributed by atoms with Crippen molar-refractivity contribution in [1.29, 1.82) is 0 Å². The zero-order valence-corrected chi connectivity index (χ0v) is 13.5. The molecule has 0 saturated heterocycles. The number of aryl methyl sites for hydroxylation is 2. The van der Waals surface area contributed by atoms with E-state index in [1.54, 1.807) is 18.3 Å². The van der Waals surface area contributed by atoms with Crippen LogP contribution in [0.3, 0.4) is 0 Å². The van der Waals surface area contributed by atoms with Crippen LogP contribution in [-0.2, 0) is 12.8 Å². The number of nitrogens with one attached hydrogen (secondary N) is 1.